The van der Waals surface area contributed by atoms with E-state index < -0.39 is 0 Å². The molecule has 8 heteroatoms. The first-order chi connectivity index (χ1) is 15.2. The van der Waals surface area contributed by atoms with Crippen molar-refractivity contribution in [2.75, 3.05) is 32.8 Å². The molecule has 31 heavy (non-hydrogen) atoms. The summed E-state index contributed by atoms with van der Waals surface area (Å²) in [7, 11) is 0. The topological polar surface area (TPSA) is 85.1 Å². The number of aliphatic imine (C=N–C) groups is 1. The number of hydrogen-bond acceptors (Lipinski definition) is 5. The summed E-state index contributed by atoms with van der Waals surface area (Å²) >= 11 is 0. The molecule has 2 aromatic heterocycles. The second kappa shape index (κ2) is 11.8. The van der Waals surface area contributed by atoms with E-state index in [0.717, 1.165) is 54.9 Å². The lowest BCUT2D eigenvalue weighted by Gasteiger charge is -2.14. The maximum Gasteiger partial charge on any atom is 0.191 e. The molecular weight excluding hydrogens is 392 g/mol. The van der Waals surface area contributed by atoms with Gasteiger partial charge in [-0.3, -0.25) is 9.39 Å². The van der Waals surface area contributed by atoms with Crippen molar-refractivity contribution in [2.24, 2.45) is 4.99 Å². The molecule has 0 fully saturated rings. The Morgan fingerprint density at radius 3 is 2.61 bits per heavy atom. The van der Waals surface area contributed by atoms with E-state index in [1.54, 1.807) is 0 Å². The maximum absolute atomic E-state index is 5.72. The van der Waals surface area contributed by atoms with Crippen molar-refractivity contribution < 1.29 is 9.47 Å². The number of guanidine groups is 1. The second-order valence-corrected chi connectivity index (χ2v) is 6.88. The molecule has 0 atom stereocenters. The molecule has 0 saturated heterocycles. The van der Waals surface area contributed by atoms with Crippen LogP contribution in [0.5, 0.6) is 11.5 Å². The van der Waals surface area contributed by atoms with Gasteiger partial charge in [0.15, 0.2) is 23.1 Å². The highest BCUT2D eigenvalue weighted by Gasteiger charge is 2.07. The smallest absolute Gasteiger partial charge is 0.191 e. The lowest BCUT2D eigenvalue weighted by atomic mass is 10.1. The molecule has 0 aliphatic carbocycles. The zero-order chi connectivity index (χ0) is 21.9. The molecule has 0 unspecified atom stereocenters. The Bertz CT molecular complexity index is 985. The van der Waals surface area contributed by atoms with Crippen molar-refractivity contribution in [3.05, 3.63) is 54.0 Å². The van der Waals surface area contributed by atoms with Gasteiger partial charge in [-0.2, -0.15) is 0 Å². The Hall–Kier alpha value is -3.29. The minimum Gasteiger partial charge on any atom is -0.490 e. The van der Waals surface area contributed by atoms with E-state index in [9.17, 15) is 0 Å². The fourth-order valence-corrected chi connectivity index (χ4v) is 3.25. The number of aromatic nitrogens is 3. The third kappa shape index (κ3) is 6.34. The third-order valence-corrected chi connectivity index (χ3v) is 4.65. The number of pyridine rings is 1. The van der Waals surface area contributed by atoms with Gasteiger partial charge in [0.25, 0.3) is 0 Å². The van der Waals surface area contributed by atoms with E-state index >= 15 is 0 Å². The summed E-state index contributed by atoms with van der Waals surface area (Å²) in [6, 6.07) is 12.0. The Labute approximate surface area is 183 Å². The van der Waals surface area contributed by atoms with E-state index in [0.29, 0.717) is 19.8 Å². The monoisotopic (exact) mass is 424 g/mol. The number of hydrogen-bond donors (Lipinski definition) is 2. The number of benzene rings is 1. The summed E-state index contributed by atoms with van der Waals surface area (Å²) in [5.74, 6) is 3.29. The summed E-state index contributed by atoms with van der Waals surface area (Å²) < 4.78 is 13.4. The van der Waals surface area contributed by atoms with Crippen LogP contribution >= 0.6 is 0 Å². The van der Waals surface area contributed by atoms with Gasteiger partial charge in [0, 0.05) is 32.3 Å². The van der Waals surface area contributed by atoms with Crippen LogP contribution in [0.15, 0.2) is 47.6 Å². The largest absolute Gasteiger partial charge is 0.490 e. The first kappa shape index (κ1) is 22.4. The molecule has 0 radical (unpaired) electrons. The predicted molar refractivity (Wildman–Crippen MR) is 123 cm³/mol. The van der Waals surface area contributed by atoms with Gasteiger partial charge in [-0.1, -0.05) is 12.1 Å². The van der Waals surface area contributed by atoms with Crippen LogP contribution in [0.4, 0.5) is 0 Å². The van der Waals surface area contributed by atoms with Crippen LogP contribution in [-0.4, -0.2) is 53.4 Å². The molecule has 0 spiro atoms. The molecule has 2 N–H and O–H groups in total. The number of nitrogens with one attached hydrogen (secondary N) is 2. The van der Waals surface area contributed by atoms with Crippen molar-refractivity contribution >= 4 is 11.6 Å². The average Bonchev–Trinajstić information content (AvgIpc) is 3.19. The van der Waals surface area contributed by atoms with Gasteiger partial charge in [-0.25, -0.2) is 0 Å². The number of nitrogens with zero attached hydrogens (tertiary/aromatic N) is 4. The Balaban J connectivity index is 1.54. The fourth-order valence-electron chi connectivity index (χ4n) is 3.25. The summed E-state index contributed by atoms with van der Waals surface area (Å²) in [5, 5.41) is 15.1. The molecule has 0 bridgehead atoms. The number of ether oxygens (including phenoxy) is 2. The lowest BCUT2D eigenvalue weighted by Crippen LogP contribution is -2.38. The van der Waals surface area contributed by atoms with Gasteiger partial charge in [0.1, 0.15) is 5.82 Å². The quantitative estimate of drug-likeness (QED) is 0.364. The molecule has 1 aromatic carbocycles. The van der Waals surface area contributed by atoms with Crippen LogP contribution in [0.3, 0.4) is 0 Å². The summed E-state index contributed by atoms with van der Waals surface area (Å²) in [6.45, 7) is 9.43. The highest BCUT2D eigenvalue weighted by molar-refractivity contribution is 5.79. The SMILES string of the molecule is CCNC(=NCCc1nnc2ccccn12)NCCc1ccc(OCC)c(OCC)c1. The molecule has 3 aromatic rings. The van der Waals surface area contributed by atoms with Crippen molar-refractivity contribution in [3.63, 3.8) is 0 Å². The second-order valence-electron chi connectivity index (χ2n) is 6.88. The van der Waals surface area contributed by atoms with Crippen molar-refractivity contribution in [1.82, 2.24) is 25.2 Å². The molecule has 0 aliphatic heterocycles. The van der Waals surface area contributed by atoms with Crippen LogP contribution in [0.2, 0.25) is 0 Å². The van der Waals surface area contributed by atoms with Crippen LogP contribution in [0.25, 0.3) is 5.65 Å². The van der Waals surface area contributed by atoms with Crippen molar-refractivity contribution in [1.29, 1.82) is 0 Å². The Morgan fingerprint density at radius 2 is 1.81 bits per heavy atom. The molecule has 3 rings (SSSR count). The first-order valence-corrected chi connectivity index (χ1v) is 10.9. The molecule has 8 nitrogen and oxygen atoms in total. The number of rotatable bonds is 11. The van der Waals surface area contributed by atoms with E-state index in [2.05, 4.69) is 44.9 Å². The minimum absolute atomic E-state index is 0.611. The highest BCUT2D eigenvalue weighted by atomic mass is 16.5. The zero-order valence-electron chi connectivity index (χ0n) is 18.6. The maximum atomic E-state index is 5.72. The zero-order valence-corrected chi connectivity index (χ0v) is 18.6. The van der Waals surface area contributed by atoms with E-state index in [-0.39, 0.29) is 0 Å². The van der Waals surface area contributed by atoms with E-state index in [4.69, 9.17) is 9.47 Å². The molecule has 166 valence electrons. The Kier molecular flexibility index (Phi) is 8.51. The molecule has 2 heterocycles. The van der Waals surface area contributed by atoms with Gasteiger partial charge in [0.05, 0.1) is 13.2 Å². The molecule has 0 aliphatic rings. The third-order valence-electron chi connectivity index (χ3n) is 4.65. The van der Waals surface area contributed by atoms with Gasteiger partial charge in [-0.15, -0.1) is 10.2 Å². The van der Waals surface area contributed by atoms with Gasteiger partial charge in [0.2, 0.25) is 0 Å². The summed E-state index contributed by atoms with van der Waals surface area (Å²) in [6.07, 6.45) is 3.55. The fraction of sp³-hybridized carbons (Fsp3) is 0.435. The van der Waals surface area contributed by atoms with Crippen LogP contribution in [-0.2, 0) is 12.8 Å². The highest BCUT2D eigenvalue weighted by Crippen LogP contribution is 2.28. The predicted octanol–water partition coefficient (Wildman–Crippen LogP) is 2.87. The molecule has 0 saturated carbocycles. The van der Waals surface area contributed by atoms with Crippen molar-refractivity contribution in [3.8, 4) is 11.5 Å². The Morgan fingerprint density at radius 1 is 0.968 bits per heavy atom. The minimum atomic E-state index is 0.611. The van der Waals surface area contributed by atoms with E-state index in [1.807, 2.05) is 48.7 Å². The summed E-state index contributed by atoms with van der Waals surface area (Å²) in [4.78, 5) is 4.68. The molecule has 0 amide bonds. The van der Waals surface area contributed by atoms with Crippen molar-refractivity contribution in [2.45, 2.75) is 33.6 Å². The number of fused-ring (bicyclic) bond motifs is 1. The van der Waals surface area contributed by atoms with Crippen LogP contribution in [0, 0.1) is 0 Å². The normalized spacial score (nSPS) is 11.5. The van der Waals surface area contributed by atoms with Gasteiger partial charge < -0.3 is 20.1 Å². The average molecular weight is 425 g/mol. The van der Waals surface area contributed by atoms with Gasteiger partial charge >= 0.3 is 0 Å². The van der Waals surface area contributed by atoms with Crippen LogP contribution in [0.1, 0.15) is 32.2 Å². The van der Waals surface area contributed by atoms with Crippen LogP contribution < -0.4 is 20.1 Å². The lowest BCUT2D eigenvalue weighted by molar-refractivity contribution is 0.287. The first-order valence-electron chi connectivity index (χ1n) is 10.9. The standard InChI is InChI=1S/C23H32N6O2/c1-4-24-23(26-15-13-22-28-27-21-9-7-8-16-29(21)22)25-14-12-18-10-11-19(30-5-2)20(17-18)31-6-3/h7-11,16-17H,4-6,12-15H2,1-3H3,(H2,24,25,26). The summed E-state index contributed by atoms with van der Waals surface area (Å²) in [5.41, 5.74) is 2.04. The molecular formula is C23H32N6O2. The van der Waals surface area contributed by atoms with E-state index in [1.165, 1.54) is 5.56 Å². The van der Waals surface area contributed by atoms with Gasteiger partial charge in [-0.05, 0) is 57.0 Å².